The minimum atomic E-state index is -0.459. The number of imidazole rings is 1. The van der Waals surface area contributed by atoms with Gasteiger partial charge < -0.3 is 20.9 Å². The Hall–Kier alpha value is -3.69. The predicted octanol–water partition coefficient (Wildman–Crippen LogP) is 3.94. The van der Waals surface area contributed by atoms with Crippen molar-refractivity contribution >= 4 is 29.2 Å². The Bertz CT molecular complexity index is 1140. The maximum absolute atomic E-state index is 14.6. The Morgan fingerprint density at radius 3 is 2.66 bits per heavy atom. The molecule has 10 heteroatoms. The van der Waals surface area contributed by atoms with Crippen LogP contribution in [0.25, 0.3) is 17.0 Å². The second-order valence-corrected chi connectivity index (χ2v) is 8.22. The zero-order valence-corrected chi connectivity index (χ0v) is 18.1. The van der Waals surface area contributed by atoms with Gasteiger partial charge in [-0.3, -0.25) is 4.40 Å². The molecule has 0 unspecified atom stereocenters. The lowest BCUT2D eigenvalue weighted by molar-refractivity contribution is 0.222. The van der Waals surface area contributed by atoms with Crippen molar-refractivity contribution in [1.82, 2.24) is 24.6 Å². The van der Waals surface area contributed by atoms with E-state index in [2.05, 4.69) is 25.9 Å². The van der Waals surface area contributed by atoms with Crippen LogP contribution in [0.1, 0.15) is 26.7 Å². The van der Waals surface area contributed by atoms with Gasteiger partial charge >= 0.3 is 12.1 Å². The van der Waals surface area contributed by atoms with Gasteiger partial charge in [0.15, 0.2) is 0 Å². The molecule has 1 fully saturated rings. The van der Waals surface area contributed by atoms with Crippen LogP contribution in [0.3, 0.4) is 0 Å². The van der Waals surface area contributed by atoms with Crippen LogP contribution in [0.4, 0.5) is 25.4 Å². The lowest BCUT2D eigenvalue weighted by Crippen LogP contribution is -2.32. The highest BCUT2D eigenvalue weighted by molar-refractivity contribution is 5.90. The molecule has 0 bridgehead atoms. The van der Waals surface area contributed by atoms with Crippen LogP contribution in [0.15, 0.2) is 36.8 Å². The highest BCUT2D eigenvalue weighted by Crippen LogP contribution is 2.26. The Labute approximate surface area is 185 Å². The molecule has 1 aliphatic rings. The number of rotatable bonds is 5. The molecule has 1 saturated heterocycles. The number of likely N-dealkylation sites (tertiary alicyclic amines) is 1. The molecule has 4 rings (SSSR count). The van der Waals surface area contributed by atoms with E-state index >= 15 is 0 Å². The third kappa shape index (κ3) is 4.96. The summed E-state index contributed by atoms with van der Waals surface area (Å²) in [5.74, 6) is 0.237. The van der Waals surface area contributed by atoms with Crippen LogP contribution in [0.5, 0.6) is 0 Å². The monoisotopic (exact) mass is 439 g/mol. The van der Waals surface area contributed by atoms with E-state index in [1.54, 1.807) is 27.8 Å². The van der Waals surface area contributed by atoms with Crippen molar-refractivity contribution < 1.29 is 14.0 Å². The predicted molar refractivity (Wildman–Crippen MR) is 120 cm³/mol. The SMILES string of the molecule is CC(C)CNC(=O)Nc1cnc2nc(-c3cc(NC(=O)N4CCCC4)ccc3F)cn2c1. The van der Waals surface area contributed by atoms with Gasteiger partial charge in [-0.05, 0) is 37.0 Å². The second kappa shape index (κ2) is 9.21. The van der Waals surface area contributed by atoms with Crippen molar-refractivity contribution in [2.45, 2.75) is 26.7 Å². The fraction of sp³-hybridized carbons (Fsp3) is 0.364. The molecular weight excluding hydrogens is 413 g/mol. The van der Waals surface area contributed by atoms with E-state index in [-0.39, 0.29) is 17.6 Å². The number of carbonyl (C=O) groups excluding carboxylic acids is 2. The number of carbonyl (C=O) groups is 2. The van der Waals surface area contributed by atoms with E-state index in [1.807, 2.05) is 13.8 Å². The van der Waals surface area contributed by atoms with Crippen molar-refractivity contribution in [3.05, 3.63) is 42.6 Å². The van der Waals surface area contributed by atoms with Crippen LogP contribution in [-0.2, 0) is 0 Å². The molecule has 168 valence electrons. The summed E-state index contributed by atoms with van der Waals surface area (Å²) < 4.78 is 16.2. The third-order valence-electron chi connectivity index (χ3n) is 5.13. The van der Waals surface area contributed by atoms with E-state index in [9.17, 15) is 14.0 Å². The quantitative estimate of drug-likeness (QED) is 0.560. The number of halogens is 1. The number of hydrogen-bond donors (Lipinski definition) is 3. The van der Waals surface area contributed by atoms with E-state index in [0.717, 1.165) is 25.9 Å². The van der Waals surface area contributed by atoms with Crippen molar-refractivity contribution in [3.63, 3.8) is 0 Å². The third-order valence-corrected chi connectivity index (χ3v) is 5.13. The first-order chi connectivity index (χ1) is 15.4. The number of nitrogens with one attached hydrogen (secondary N) is 3. The van der Waals surface area contributed by atoms with Gasteiger partial charge in [0.2, 0.25) is 5.78 Å². The highest BCUT2D eigenvalue weighted by atomic mass is 19.1. The van der Waals surface area contributed by atoms with Gasteiger partial charge in [0, 0.05) is 43.3 Å². The van der Waals surface area contributed by atoms with Crippen molar-refractivity contribution in [3.8, 4) is 11.3 Å². The Morgan fingerprint density at radius 1 is 1.12 bits per heavy atom. The van der Waals surface area contributed by atoms with Crippen LogP contribution in [0, 0.1) is 11.7 Å². The molecule has 0 atom stereocenters. The summed E-state index contributed by atoms with van der Waals surface area (Å²) in [6.07, 6.45) is 6.76. The molecule has 4 amide bonds. The van der Waals surface area contributed by atoms with Crippen LogP contribution >= 0.6 is 0 Å². The number of fused-ring (bicyclic) bond motifs is 1. The largest absolute Gasteiger partial charge is 0.338 e. The summed E-state index contributed by atoms with van der Waals surface area (Å²) in [4.78, 5) is 34.7. The molecule has 3 heterocycles. The number of amides is 4. The molecule has 0 radical (unpaired) electrons. The minimum absolute atomic E-state index is 0.191. The number of aromatic nitrogens is 3. The number of urea groups is 2. The number of hydrogen-bond acceptors (Lipinski definition) is 4. The average molecular weight is 439 g/mol. The lowest BCUT2D eigenvalue weighted by atomic mass is 10.1. The second-order valence-electron chi connectivity index (χ2n) is 8.22. The highest BCUT2D eigenvalue weighted by Gasteiger charge is 2.19. The van der Waals surface area contributed by atoms with Gasteiger partial charge in [-0.15, -0.1) is 0 Å². The van der Waals surface area contributed by atoms with Gasteiger partial charge in [-0.2, -0.15) is 0 Å². The number of anilines is 2. The molecule has 1 aliphatic heterocycles. The van der Waals surface area contributed by atoms with E-state index in [0.29, 0.717) is 35.3 Å². The first-order valence-electron chi connectivity index (χ1n) is 10.6. The fourth-order valence-corrected chi connectivity index (χ4v) is 3.47. The van der Waals surface area contributed by atoms with Gasteiger partial charge in [0.05, 0.1) is 17.6 Å². The molecule has 1 aromatic carbocycles. The van der Waals surface area contributed by atoms with Gasteiger partial charge in [0.1, 0.15) is 5.82 Å². The molecule has 9 nitrogen and oxygen atoms in total. The first-order valence-corrected chi connectivity index (χ1v) is 10.6. The number of benzene rings is 1. The normalized spacial score (nSPS) is 13.6. The van der Waals surface area contributed by atoms with E-state index in [1.165, 1.54) is 18.3 Å². The molecular formula is C22H26FN7O2. The van der Waals surface area contributed by atoms with Crippen LogP contribution in [-0.4, -0.2) is 51.0 Å². The lowest BCUT2D eigenvalue weighted by Gasteiger charge is -2.16. The number of nitrogens with zero attached hydrogens (tertiary/aromatic N) is 4. The molecule has 3 aromatic rings. The van der Waals surface area contributed by atoms with Crippen LogP contribution < -0.4 is 16.0 Å². The summed E-state index contributed by atoms with van der Waals surface area (Å²) in [7, 11) is 0. The maximum atomic E-state index is 14.6. The van der Waals surface area contributed by atoms with Crippen LogP contribution in [0.2, 0.25) is 0 Å². The standard InChI is InChI=1S/C22H26FN7O2/c1-14(2)10-25-21(31)26-16-11-24-20-28-19(13-30(20)12-16)17-9-15(5-6-18(17)23)27-22(32)29-7-3-4-8-29/h5-6,9,11-14H,3-4,7-8,10H2,1-2H3,(H,27,32)(H2,25,26,31). The summed E-state index contributed by atoms with van der Waals surface area (Å²) in [6.45, 7) is 6.02. The summed E-state index contributed by atoms with van der Waals surface area (Å²) in [5.41, 5.74) is 1.59. The van der Waals surface area contributed by atoms with Crippen molar-refractivity contribution in [2.24, 2.45) is 5.92 Å². The van der Waals surface area contributed by atoms with Crippen molar-refractivity contribution in [1.29, 1.82) is 0 Å². The smallest absolute Gasteiger partial charge is 0.321 e. The molecule has 0 aliphatic carbocycles. The van der Waals surface area contributed by atoms with Gasteiger partial charge in [0.25, 0.3) is 0 Å². The molecule has 32 heavy (non-hydrogen) atoms. The molecule has 2 aromatic heterocycles. The topological polar surface area (TPSA) is 104 Å². The molecule has 0 saturated carbocycles. The van der Waals surface area contributed by atoms with E-state index in [4.69, 9.17) is 0 Å². The zero-order valence-electron chi connectivity index (χ0n) is 18.1. The zero-order chi connectivity index (χ0) is 22.7. The summed E-state index contributed by atoms with van der Waals surface area (Å²) >= 11 is 0. The summed E-state index contributed by atoms with van der Waals surface area (Å²) in [5, 5.41) is 8.31. The fourth-order valence-electron chi connectivity index (χ4n) is 3.47. The Balaban J connectivity index is 1.52. The minimum Gasteiger partial charge on any atom is -0.338 e. The van der Waals surface area contributed by atoms with E-state index < -0.39 is 5.82 Å². The average Bonchev–Trinajstić information content (AvgIpc) is 3.43. The maximum Gasteiger partial charge on any atom is 0.321 e. The Morgan fingerprint density at radius 2 is 1.91 bits per heavy atom. The van der Waals surface area contributed by atoms with Gasteiger partial charge in [-0.25, -0.2) is 23.9 Å². The molecule has 0 spiro atoms. The molecule has 3 N–H and O–H groups in total. The summed E-state index contributed by atoms with van der Waals surface area (Å²) in [6, 6.07) is 3.87. The van der Waals surface area contributed by atoms with Crippen molar-refractivity contribution in [2.75, 3.05) is 30.3 Å². The first kappa shape index (κ1) is 21.5. The van der Waals surface area contributed by atoms with Gasteiger partial charge in [-0.1, -0.05) is 13.8 Å². The Kier molecular flexibility index (Phi) is 6.20.